The Hall–Kier alpha value is -2.44. The number of non-ortho nitro benzene ring substituents is 1. The molecule has 7 nitrogen and oxygen atoms in total. The van der Waals surface area contributed by atoms with Gasteiger partial charge in [-0.25, -0.2) is 0 Å². The fourth-order valence-electron chi connectivity index (χ4n) is 3.09. The van der Waals surface area contributed by atoms with Gasteiger partial charge in [0.2, 0.25) is 6.04 Å². The predicted octanol–water partition coefficient (Wildman–Crippen LogP) is 1.69. The van der Waals surface area contributed by atoms with Gasteiger partial charge >= 0.3 is 0 Å². The van der Waals surface area contributed by atoms with E-state index in [2.05, 4.69) is 0 Å². The molecule has 0 amide bonds. The van der Waals surface area contributed by atoms with Crippen LogP contribution in [0, 0.1) is 15.3 Å². The van der Waals surface area contributed by atoms with Crippen LogP contribution in [-0.4, -0.2) is 43.6 Å². The third-order valence-corrected chi connectivity index (χ3v) is 4.20. The molecular weight excluding hydrogens is 274 g/mol. The third kappa shape index (κ3) is 2.35. The Bertz CT molecular complexity index is 636. The second kappa shape index (κ2) is 5.16. The summed E-state index contributed by atoms with van der Waals surface area (Å²) in [7, 11) is 0. The average molecular weight is 290 g/mol. The lowest BCUT2D eigenvalue weighted by Gasteiger charge is -2.27. The van der Waals surface area contributed by atoms with Crippen LogP contribution < -0.4 is 0 Å². The van der Waals surface area contributed by atoms with Gasteiger partial charge in [0.05, 0.1) is 10.5 Å². The molecule has 1 N–H and O–H groups in total. The average Bonchev–Trinajstić information content (AvgIpc) is 2.51. The molecule has 7 heteroatoms. The zero-order chi connectivity index (χ0) is 15.0. The van der Waals surface area contributed by atoms with Crippen LogP contribution in [0.4, 0.5) is 5.69 Å². The van der Waals surface area contributed by atoms with E-state index in [1.807, 2.05) is 0 Å². The van der Waals surface area contributed by atoms with Crippen molar-refractivity contribution in [1.82, 2.24) is 0 Å². The van der Waals surface area contributed by atoms with Gasteiger partial charge in [0.25, 0.3) is 23.7 Å². The summed E-state index contributed by atoms with van der Waals surface area (Å²) in [6, 6.07) is 5.35. The van der Waals surface area contributed by atoms with Crippen molar-refractivity contribution in [3.05, 3.63) is 45.2 Å². The quantitative estimate of drug-likeness (QED) is 0.295. The number of hydrogen-bond acceptors (Lipinski definition) is 4. The zero-order valence-electron chi connectivity index (χ0n) is 11.4. The van der Waals surface area contributed by atoms with Gasteiger partial charge in [0.1, 0.15) is 0 Å². The maximum atomic E-state index is 12.5. The monoisotopic (exact) mass is 290 g/mol. The molecule has 110 valence electrons. The van der Waals surface area contributed by atoms with Crippen LogP contribution in [0.15, 0.2) is 24.3 Å². The van der Waals surface area contributed by atoms with E-state index in [1.54, 1.807) is 0 Å². The molecule has 1 aliphatic carbocycles. The van der Waals surface area contributed by atoms with Crippen molar-refractivity contribution < 1.29 is 19.6 Å². The van der Waals surface area contributed by atoms with E-state index in [-0.39, 0.29) is 17.8 Å². The number of benzene rings is 1. The molecule has 0 radical (unpaired) electrons. The first-order valence-corrected chi connectivity index (χ1v) is 6.98. The smallest absolute Gasteiger partial charge is 0.288 e. The molecule has 0 saturated heterocycles. The topological polar surface area (TPSA) is 92.5 Å². The van der Waals surface area contributed by atoms with Gasteiger partial charge in [-0.2, -0.15) is 4.74 Å². The molecule has 1 saturated carbocycles. The Morgan fingerprint density at radius 1 is 1.14 bits per heavy atom. The number of hydrogen-bond donors (Lipinski definition) is 1. The van der Waals surface area contributed by atoms with Gasteiger partial charge in [-0.05, 0) is 29.7 Å². The summed E-state index contributed by atoms with van der Waals surface area (Å²) in [5.74, 6) is 0. The van der Waals surface area contributed by atoms with Crippen LogP contribution in [0.1, 0.15) is 31.2 Å². The Labute approximate surface area is 121 Å². The second-order valence-electron chi connectivity index (χ2n) is 5.44. The molecule has 0 spiro atoms. The molecule has 3 rings (SSSR count). The first-order chi connectivity index (χ1) is 10.1. The molecule has 1 heterocycles. The van der Waals surface area contributed by atoms with Gasteiger partial charge in [0.15, 0.2) is 0 Å². The lowest BCUT2D eigenvalue weighted by atomic mass is 9.89. The summed E-state index contributed by atoms with van der Waals surface area (Å²) >= 11 is 0. The summed E-state index contributed by atoms with van der Waals surface area (Å²) in [6.07, 6.45) is 4.94. The first kappa shape index (κ1) is 13.5. The van der Waals surface area contributed by atoms with E-state index in [4.69, 9.17) is 0 Å². The van der Waals surface area contributed by atoms with Crippen LogP contribution in [0.25, 0.3) is 0 Å². The Morgan fingerprint density at radius 2 is 1.76 bits per heavy atom. The lowest BCUT2D eigenvalue weighted by Crippen LogP contribution is -2.51. The van der Waals surface area contributed by atoms with Gasteiger partial charge < -0.3 is 5.21 Å². The highest BCUT2D eigenvalue weighted by Crippen LogP contribution is 2.25. The third-order valence-electron chi connectivity index (χ3n) is 4.20. The summed E-state index contributed by atoms with van der Waals surface area (Å²) in [4.78, 5) is 10.2. The van der Waals surface area contributed by atoms with E-state index in [0.717, 1.165) is 35.2 Å². The minimum atomic E-state index is -0.483. The van der Waals surface area contributed by atoms with Crippen molar-refractivity contribution in [1.29, 1.82) is 0 Å². The maximum Gasteiger partial charge on any atom is 0.288 e. The number of nitrogens with zero attached hydrogens (tertiary/aromatic N) is 3. The van der Waals surface area contributed by atoms with Crippen LogP contribution in [0.5, 0.6) is 0 Å². The van der Waals surface area contributed by atoms with Crippen LogP contribution in [0.3, 0.4) is 0 Å². The molecule has 0 unspecified atom stereocenters. The number of nitro groups is 1. The molecule has 2 atom stereocenters. The van der Waals surface area contributed by atoms with Gasteiger partial charge in [-0.1, -0.05) is 0 Å². The number of fused-ring (bicyclic) bond motifs is 1. The molecule has 1 fully saturated rings. The minimum Gasteiger partial charge on any atom is -0.623 e. The zero-order valence-corrected chi connectivity index (χ0v) is 11.4. The number of nitro benzene ring substituents is 1. The highest BCUT2D eigenvalue weighted by atomic mass is 16.6. The van der Waals surface area contributed by atoms with E-state index in [9.17, 15) is 20.5 Å². The molecule has 1 aliphatic heterocycles. The van der Waals surface area contributed by atoms with Gasteiger partial charge in [0, 0.05) is 25.0 Å². The normalized spacial score (nSPS) is 25.2. The second-order valence-corrected chi connectivity index (χ2v) is 5.44. The molecule has 21 heavy (non-hydrogen) atoms. The fraction of sp³-hybridized carbons (Fsp3) is 0.429. The van der Waals surface area contributed by atoms with Crippen molar-refractivity contribution in [2.45, 2.75) is 37.8 Å². The fourth-order valence-corrected chi connectivity index (χ4v) is 3.09. The van der Waals surface area contributed by atoms with Crippen molar-refractivity contribution in [3.8, 4) is 0 Å². The van der Waals surface area contributed by atoms with E-state index >= 15 is 0 Å². The predicted molar refractivity (Wildman–Crippen MR) is 75.0 cm³/mol. The van der Waals surface area contributed by atoms with Crippen molar-refractivity contribution >= 4 is 17.6 Å². The van der Waals surface area contributed by atoms with Crippen molar-refractivity contribution in [2.75, 3.05) is 0 Å². The molecule has 2 aliphatic rings. The Morgan fingerprint density at radius 3 is 2.38 bits per heavy atom. The highest BCUT2D eigenvalue weighted by Gasteiger charge is 2.45. The molecular formula is C14H16N3O4+. The molecule has 0 bridgehead atoms. The summed E-state index contributed by atoms with van der Waals surface area (Å²) in [5, 5.41) is 33.2. The number of hydroxylamine groups is 2. The summed E-state index contributed by atoms with van der Waals surface area (Å²) in [6.45, 7) is 0. The summed E-state index contributed by atoms with van der Waals surface area (Å²) in [5.41, 5.74) is 0.887. The van der Waals surface area contributed by atoms with Gasteiger partial charge in [-0.15, -0.1) is 0 Å². The minimum absolute atomic E-state index is 0.0241. The largest absolute Gasteiger partial charge is 0.623 e. The lowest BCUT2D eigenvalue weighted by molar-refractivity contribution is -0.819. The SMILES string of the molecule is O=[N+]([O-])c1ccc(C2=[N+]([O-])[C@@H]3CCCC[C@H]3[N+](O)=C2)cc1. The Kier molecular flexibility index (Phi) is 3.32. The van der Waals surface area contributed by atoms with Gasteiger partial charge in [-0.3, -0.25) is 15.3 Å². The van der Waals surface area contributed by atoms with E-state index in [0.29, 0.717) is 11.3 Å². The van der Waals surface area contributed by atoms with Crippen molar-refractivity contribution in [3.63, 3.8) is 0 Å². The van der Waals surface area contributed by atoms with Crippen LogP contribution in [0.2, 0.25) is 0 Å². The highest BCUT2D eigenvalue weighted by molar-refractivity contribution is 6.34. The molecule has 1 aromatic rings. The Balaban J connectivity index is 1.98. The van der Waals surface area contributed by atoms with E-state index < -0.39 is 4.92 Å². The molecule has 1 aromatic carbocycles. The standard InChI is InChI=1S/C14H16N3O4/c18-15-9-14(10-5-7-11(8-6-10)17(20)21)16(19)13-4-2-1-3-12(13)15/h5-9,12-13,18H,1-4H2/q+1/t12-,13-/m1/s1. The first-order valence-electron chi connectivity index (χ1n) is 6.98. The summed E-state index contributed by atoms with van der Waals surface area (Å²) < 4.78 is 2.06. The number of rotatable bonds is 2. The van der Waals surface area contributed by atoms with Crippen molar-refractivity contribution in [2.24, 2.45) is 0 Å². The van der Waals surface area contributed by atoms with Crippen LogP contribution in [-0.2, 0) is 0 Å². The maximum absolute atomic E-state index is 12.5. The molecule has 0 aromatic heterocycles. The van der Waals surface area contributed by atoms with E-state index in [1.165, 1.54) is 30.5 Å². The van der Waals surface area contributed by atoms with Crippen LogP contribution >= 0.6 is 0 Å².